The lowest BCUT2D eigenvalue weighted by atomic mass is 10.1. The van der Waals surface area contributed by atoms with Crippen LogP contribution in [-0.4, -0.2) is 70.9 Å². The van der Waals surface area contributed by atoms with Crippen LogP contribution in [0, 0.1) is 12.8 Å². The normalized spacial score (nSPS) is 13.4. The second kappa shape index (κ2) is 13.1. The van der Waals surface area contributed by atoms with Crippen LogP contribution < -0.4 is 10.9 Å². The van der Waals surface area contributed by atoms with E-state index in [0.29, 0.717) is 31.9 Å². The maximum absolute atomic E-state index is 12.5. The highest BCUT2D eigenvalue weighted by Gasteiger charge is 2.26. The van der Waals surface area contributed by atoms with Crippen LogP contribution in [0.3, 0.4) is 0 Å². The summed E-state index contributed by atoms with van der Waals surface area (Å²) in [4.78, 5) is 29.7. The topological polar surface area (TPSA) is 117 Å². The Morgan fingerprint density at radius 2 is 1.82 bits per heavy atom. The van der Waals surface area contributed by atoms with E-state index in [1.165, 1.54) is 0 Å². The van der Waals surface area contributed by atoms with E-state index in [9.17, 15) is 14.7 Å². The standard InChI is InChI=1S/C28H40N4O6/c1-17(2)38-28(35)25(19(4)33)29-12-20-8-9-23-24(11-20)32(13-21(15-36-6)16-37-7)26(30-23)22-10-18(3)27(34)31(5)14-22/h8-11,14,17,19,21,25,29,33H,12-13,15-16H2,1-7H3. The molecule has 2 unspecified atom stereocenters. The fourth-order valence-corrected chi connectivity index (χ4v) is 4.55. The molecule has 0 radical (unpaired) electrons. The fourth-order valence-electron chi connectivity index (χ4n) is 4.55. The summed E-state index contributed by atoms with van der Waals surface area (Å²) in [7, 11) is 5.06. The molecule has 208 valence electrons. The molecule has 0 saturated heterocycles. The first kappa shape index (κ1) is 29.5. The predicted molar refractivity (Wildman–Crippen MR) is 146 cm³/mol. The number of aliphatic hydroxyl groups is 1. The number of hydrogen-bond acceptors (Lipinski definition) is 8. The summed E-state index contributed by atoms with van der Waals surface area (Å²) in [5.41, 5.74) is 4.04. The van der Waals surface area contributed by atoms with Crippen molar-refractivity contribution in [1.82, 2.24) is 19.4 Å². The number of fused-ring (bicyclic) bond motifs is 1. The third kappa shape index (κ3) is 7.08. The minimum Gasteiger partial charge on any atom is -0.462 e. The Labute approximate surface area is 223 Å². The zero-order chi connectivity index (χ0) is 28.0. The molecule has 1 aromatic carbocycles. The van der Waals surface area contributed by atoms with Gasteiger partial charge in [-0.25, -0.2) is 4.98 Å². The first-order valence-corrected chi connectivity index (χ1v) is 12.8. The summed E-state index contributed by atoms with van der Waals surface area (Å²) in [6.07, 6.45) is 0.604. The molecule has 2 atom stereocenters. The Kier molecular flexibility index (Phi) is 10.2. The number of nitrogens with zero attached hydrogens (tertiary/aromatic N) is 3. The summed E-state index contributed by atoms with van der Waals surface area (Å²) >= 11 is 0. The zero-order valence-corrected chi connectivity index (χ0v) is 23.4. The number of aryl methyl sites for hydroxylation is 2. The van der Waals surface area contributed by atoms with Gasteiger partial charge in [-0.15, -0.1) is 0 Å². The third-order valence-electron chi connectivity index (χ3n) is 6.29. The molecule has 0 spiro atoms. The molecule has 2 aromatic heterocycles. The predicted octanol–water partition coefficient (Wildman–Crippen LogP) is 2.41. The summed E-state index contributed by atoms with van der Waals surface area (Å²) in [6.45, 7) is 8.85. The van der Waals surface area contributed by atoms with Gasteiger partial charge in [-0.3, -0.25) is 14.9 Å². The van der Waals surface area contributed by atoms with Gasteiger partial charge >= 0.3 is 5.97 Å². The van der Waals surface area contributed by atoms with Crippen LogP contribution in [-0.2, 0) is 39.1 Å². The number of imidazole rings is 1. The highest BCUT2D eigenvalue weighted by atomic mass is 16.5. The number of nitrogens with one attached hydrogen (secondary N) is 1. The molecule has 0 aliphatic heterocycles. The van der Waals surface area contributed by atoms with Crippen LogP contribution in [0.5, 0.6) is 0 Å². The van der Waals surface area contributed by atoms with Crippen LogP contribution in [0.4, 0.5) is 0 Å². The number of pyridine rings is 1. The van der Waals surface area contributed by atoms with Gasteiger partial charge in [0.05, 0.1) is 36.5 Å². The van der Waals surface area contributed by atoms with Crippen LogP contribution in [0.2, 0.25) is 0 Å². The van der Waals surface area contributed by atoms with Crippen LogP contribution >= 0.6 is 0 Å². The van der Waals surface area contributed by atoms with Crippen molar-refractivity contribution in [3.8, 4) is 11.4 Å². The number of hydrogen-bond donors (Lipinski definition) is 2. The number of benzene rings is 1. The van der Waals surface area contributed by atoms with Gasteiger partial charge in [0, 0.05) is 57.6 Å². The van der Waals surface area contributed by atoms with Gasteiger partial charge in [-0.2, -0.15) is 0 Å². The molecule has 0 fully saturated rings. The Balaban J connectivity index is 2.03. The molecule has 2 heterocycles. The molecule has 38 heavy (non-hydrogen) atoms. The maximum Gasteiger partial charge on any atom is 0.326 e. The second-order valence-electron chi connectivity index (χ2n) is 10.1. The summed E-state index contributed by atoms with van der Waals surface area (Å²) in [5.74, 6) is 0.320. The van der Waals surface area contributed by atoms with E-state index in [2.05, 4.69) is 9.88 Å². The van der Waals surface area contributed by atoms with Crippen molar-refractivity contribution >= 4 is 17.0 Å². The molecule has 2 N–H and O–H groups in total. The fraction of sp³-hybridized carbons (Fsp3) is 0.536. The van der Waals surface area contributed by atoms with Crippen LogP contribution in [0.15, 0.2) is 35.3 Å². The number of esters is 1. The van der Waals surface area contributed by atoms with Gasteiger partial charge in [0.15, 0.2) is 0 Å². The van der Waals surface area contributed by atoms with E-state index in [4.69, 9.17) is 19.2 Å². The first-order chi connectivity index (χ1) is 18.0. The third-order valence-corrected chi connectivity index (χ3v) is 6.29. The summed E-state index contributed by atoms with van der Waals surface area (Å²) < 4.78 is 19.9. The van der Waals surface area contributed by atoms with Gasteiger partial charge in [0.25, 0.3) is 5.56 Å². The van der Waals surface area contributed by atoms with E-state index in [1.54, 1.807) is 59.7 Å². The van der Waals surface area contributed by atoms with E-state index >= 15 is 0 Å². The highest BCUT2D eigenvalue weighted by molar-refractivity contribution is 5.81. The molecule has 10 nitrogen and oxygen atoms in total. The maximum atomic E-state index is 12.5. The summed E-state index contributed by atoms with van der Waals surface area (Å²) in [6, 6.07) is 6.91. The monoisotopic (exact) mass is 528 g/mol. The second-order valence-corrected chi connectivity index (χ2v) is 10.1. The minimum absolute atomic E-state index is 0.0509. The SMILES string of the molecule is COCC(COC)Cn1c(-c2cc(C)c(=O)n(C)c2)nc2ccc(CNC(C(=O)OC(C)C)C(C)O)cc21. The average Bonchev–Trinajstić information content (AvgIpc) is 3.19. The molecule has 10 heteroatoms. The molecule has 0 aliphatic rings. The van der Waals surface area contributed by atoms with E-state index in [1.807, 2.05) is 24.3 Å². The smallest absolute Gasteiger partial charge is 0.326 e. The largest absolute Gasteiger partial charge is 0.462 e. The lowest BCUT2D eigenvalue weighted by Crippen LogP contribution is -2.46. The van der Waals surface area contributed by atoms with E-state index in [0.717, 1.165) is 28.0 Å². The number of carbonyl (C=O) groups is 1. The van der Waals surface area contributed by atoms with Gasteiger partial charge in [-0.1, -0.05) is 6.07 Å². The van der Waals surface area contributed by atoms with Crippen molar-refractivity contribution in [3.63, 3.8) is 0 Å². The number of rotatable bonds is 13. The zero-order valence-electron chi connectivity index (χ0n) is 23.4. The Hall–Kier alpha value is -3.05. The Morgan fingerprint density at radius 1 is 1.13 bits per heavy atom. The lowest BCUT2D eigenvalue weighted by molar-refractivity contribution is -0.152. The van der Waals surface area contributed by atoms with Gasteiger partial charge in [-0.05, 0) is 51.5 Å². The lowest BCUT2D eigenvalue weighted by Gasteiger charge is -2.21. The molecule has 0 amide bonds. The Morgan fingerprint density at radius 3 is 2.39 bits per heavy atom. The van der Waals surface area contributed by atoms with Gasteiger partial charge in [0.1, 0.15) is 11.9 Å². The van der Waals surface area contributed by atoms with E-state index in [-0.39, 0.29) is 17.6 Å². The molecular weight excluding hydrogens is 488 g/mol. The molecule has 0 bridgehead atoms. The van der Waals surface area contributed by atoms with Crippen molar-refractivity contribution in [2.75, 3.05) is 27.4 Å². The minimum atomic E-state index is -0.918. The molecule has 3 aromatic rings. The number of ether oxygens (including phenoxy) is 3. The van der Waals surface area contributed by atoms with Gasteiger partial charge < -0.3 is 28.5 Å². The van der Waals surface area contributed by atoms with Crippen molar-refractivity contribution < 1.29 is 24.1 Å². The molecule has 3 rings (SSSR count). The molecule has 0 aliphatic carbocycles. The molecule has 0 saturated carbocycles. The van der Waals surface area contributed by atoms with Gasteiger partial charge in [0.2, 0.25) is 0 Å². The van der Waals surface area contributed by atoms with Crippen LogP contribution in [0.1, 0.15) is 31.9 Å². The quantitative estimate of drug-likeness (QED) is 0.325. The van der Waals surface area contributed by atoms with Crippen molar-refractivity contribution in [1.29, 1.82) is 0 Å². The Bertz CT molecular complexity index is 1260. The number of aromatic nitrogens is 3. The number of aliphatic hydroxyl groups excluding tert-OH is 1. The van der Waals surface area contributed by atoms with Crippen molar-refractivity contribution in [3.05, 3.63) is 51.9 Å². The number of methoxy groups -OCH3 is 2. The first-order valence-electron chi connectivity index (χ1n) is 12.8. The number of carbonyl (C=O) groups excluding carboxylic acids is 1. The summed E-state index contributed by atoms with van der Waals surface area (Å²) in [5, 5.41) is 13.3. The highest BCUT2D eigenvalue weighted by Crippen LogP contribution is 2.27. The van der Waals surface area contributed by atoms with Crippen molar-refractivity contribution in [2.24, 2.45) is 13.0 Å². The molecular formula is C28H40N4O6. The average molecular weight is 529 g/mol. The van der Waals surface area contributed by atoms with E-state index < -0.39 is 18.1 Å². The van der Waals surface area contributed by atoms with Crippen LogP contribution in [0.25, 0.3) is 22.4 Å². The van der Waals surface area contributed by atoms with Crippen molar-refractivity contribution in [2.45, 2.75) is 59.0 Å².